The van der Waals surface area contributed by atoms with Gasteiger partial charge in [0.25, 0.3) is 11.7 Å². The van der Waals surface area contributed by atoms with Crippen molar-refractivity contribution in [3.8, 4) is 5.75 Å². The summed E-state index contributed by atoms with van der Waals surface area (Å²) in [5, 5.41) is 12.5. The molecule has 1 amide bonds. The Morgan fingerprint density at radius 2 is 1.86 bits per heavy atom. The first kappa shape index (κ1) is 26.5. The third-order valence-corrected chi connectivity index (χ3v) is 6.82. The van der Waals surface area contributed by atoms with Crippen molar-refractivity contribution in [3.05, 3.63) is 70.9 Å². The third-order valence-electron chi connectivity index (χ3n) is 6.82. The molecule has 0 spiro atoms. The fraction of sp³-hybridized carbons (Fsp3) is 0.400. The monoisotopic (exact) mass is 503 g/mol. The molecule has 1 saturated heterocycles. The highest BCUT2D eigenvalue weighted by Crippen LogP contribution is 2.43. The highest BCUT2D eigenvalue weighted by molar-refractivity contribution is 6.46. The average Bonchev–Trinajstić information content (AvgIpc) is 3.37. The van der Waals surface area contributed by atoms with Crippen LogP contribution in [0.4, 0.5) is 0 Å². The largest absolute Gasteiger partial charge is 0.507 e. The van der Waals surface area contributed by atoms with Gasteiger partial charge in [-0.2, -0.15) is 0 Å². The van der Waals surface area contributed by atoms with Crippen LogP contribution in [0.1, 0.15) is 56.8 Å². The van der Waals surface area contributed by atoms with E-state index in [9.17, 15) is 14.7 Å². The predicted molar refractivity (Wildman–Crippen MR) is 147 cm³/mol. The minimum atomic E-state index is -0.692. The highest BCUT2D eigenvalue weighted by atomic mass is 16.5. The first-order valence-electron chi connectivity index (χ1n) is 12.8. The second-order valence-corrected chi connectivity index (χ2v) is 10.8. The van der Waals surface area contributed by atoms with E-state index >= 15 is 0 Å². The maximum atomic E-state index is 13.5. The molecule has 0 bridgehead atoms. The molecule has 1 aliphatic rings. The normalized spacial score (nSPS) is 17.8. The molecule has 196 valence electrons. The maximum Gasteiger partial charge on any atom is 0.295 e. The lowest BCUT2D eigenvalue weighted by molar-refractivity contribution is -0.139. The summed E-state index contributed by atoms with van der Waals surface area (Å²) in [6, 6.07) is 12.5. The predicted octanol–water partition coefficient (Wildman–Crippen LogP) is 5.24. The van der Waals surface area contributed by atoms with E-state index in [2.05, 4.69) is 25.8 Å². The van der Waals surface area contributed by atoms with Crippen LogP contribution in [-0.4, -0.2) is 65.4 Å². The maximum absolute atomic E-state index is 13.5. The number of carbonyl (C=O) groups is 2. The lowest BCUT2D eigenvalue weighted by Crippen LogP contribution is -2.32. The lowest BCUT2D eigenvalue weighted by atomic mass is 9.84. The summed E-state index contributed by atoms with van der Waals surface area (Å²) in [5.74, 6) is -0.678. The van der Waals surface area contributed by atoms with Crippen molar-refractivity contribution in [1.29, 1.82) is 0 Å². The Morgan fingerprint density at radius 1 is 1.14 bits per heavy atom. The van der Waals surface area contributed by atoms with E-state index in [1.54, 1.807) is 11.0 Å². The zero-order valence-corrected chi connectivity index (χ0v) is 22.6. The number of ketones is 1. The molecule has 1 aromatic heterocycles. The number of aromatic amines is 1. The zero-order valence-electron chi connectivity index (χ0n) is 22.6. The van der Waals surface area contributed by atoms with Gasteiger partial charge in [0.15, 0.2) is 0 Å². The first-order valence-corrected chi connectivity index (χ1v) is 12.8. The zero-order chi connectivity index (χ0) is 26.9. The second kappa shape index (κ2) is 10.4. The van der Waals surface area contributed by atoms with E-state index in [4.69, 9.17) is 4.74 Å². The summed E-state index contributed by atoms with van der Waals surface area (Å²) in [5.41, 5.74) is 2.97. The van der Waals surface area contributed by atoms with Gasteiger partial charge in [-0.15, -0.1) is 0 Å². The summed E-state index contributed by atoms with van der Waals surface area (Å²) in [7, 11) is 3.95. The molecule has 2 N–H and O–H groups in total. The summed E-state index contributed by atoms with van der Waals surface area (Å²) < 4.78 is 5.84. The van der Waals surface area contributed by atoms with Gasteiger partial charge < -0.3 is 24.6 Å². The van der Waals surface area contributed by atoms with E-state index in [-0.39, 0.29) is 16.7 Å². The van der Waals surface area contributed by atoms with Crippen molar-refractivity contribution in [3.63, 3.8) is 0 Å². The second-order valence-electron chi connectivity index (χ2n) is 10.8. The Labute approximate surface area is 218 Å². The van der Waals surface area contributed by atoms with E-state index in [1.807, 2.05) is 68.5 Å². The number of para-hydroxylation sites is 1. The number of aromatic nitrogens is 1. The average molecular weight is 504 g/mol. The number of rotatable bonds is 8. The van der Waals surface area contributed by atoms with Gasteiger partial charge in [-0.25, -0.2) is 0 Å². The van der Waals surface area contributed by atoms with E-state index < -0.39 is 17.7 Å². The van der Waals surface area contributed by atoms with Crippen molar-refractivity contribution in [2.45, 2.75) is 45.6 Å². The number of carbonyl (C=O) groups excluding carboxylic acids is 2. The number of nitrogens with one attached hydrogen (secondary N) is 1. The number of benzene rings is 2. The summed E-state index contributed by atoms with van der Waals surface area (Å²) in [4.78, 5) is 33.7. The molecule has 1 fully saturated rings. The van der Waals surface area contributed by atoms with Crippen molar-refractivity contribution in [2.75, 3.05) is 33.8 Å². The van der Waals surface area contributed by atoms with Crippen LogP contribution >= 0.6 is 0 Å². The van der Waals surface area contributed by atoms with Gasteiger partial charge in [-0.1, -0.05) is 39.0 Å². The molecular formula is C30H37N3O4. The van der Waals surface area contributed by atoms with Crippen molar-refractivity contribution >= 4 is 28.4 Å². The quantitative estimate of drug-likeness (QED) is 0.250. The Bertz CT molecular complexity index is 1350. The standard InChI is InChI=1S/C30H37N3O4/c1-7-37-24-14-13-19(17-22(24)30(2,3)4)27(34)25-26(21-18-31-23-12-9-8-11-20(21)23)33(29(36)28(25)35)16-10-15-32(5)6/h8-9,11-14,17-18,26,31,34H,7,10,15-16H2,1-6H3/b27-25+. The van der Waals surface area contributed by atoms with Gasteiger partial charge in [-0.05, 0) is 63.7 Å². The molecule has 0 radical (unpaired) electrons. The molecule has 2 aromatic carbocycles. The molecule has 37 heavy (non-hydrogen) atoms. The van der Waals surface area contributed by atoms with Crippen LogP contribution in [0, 0.1) is 0 Å². The van der Waals surface area contributed by atoms with Gasteiger partial charge in [0.05, 0.1) is 18.2 Å². The van der Waals surface area contributed by atoms with Gasteiger partial charge in [-0.3, -0.25) is 9.59 Å². The number of amides is 1. The third kappa shape index (κ3) is 5.14. The number of aliphatic hydroxyl groups is 1. The topological polar surface area (TPSA) is 85.9 Å². The van der Waals surface area contributed by atoms with Crippen LogP contribution in [0.5, 0.6) is 5.75 Å². The highest BCUT2D eigenvalue weighted by Gasteiger charge is 2.46. The number of Topliss-reactive ketones (excluding diaryl/α,β-unsaturated/α-hetero) is 1. The first-order chi connectivity index (χ1) is 17.5. The summed E-state index contributed by atoms with van der Waals surface area (Å²) in [6.07, 6.45) is 2.54. The van der Waals surface area contributed by atoms with Crippen LogP contribution in [-0.2, 0) is 15.0 Å². The minimum Gasteiger partial charge on any atom is -0.507 e. The van der Waals surface area contributed by atoms with Crippen LogP contribution in [0.2, 0.25) is 0 Å². The molecule has 0 saturated carbocycles. The van der Waals surface area contributed by atoms with Crippen LogP contribution in [0.15, 0.2) is 54.2 Å². The number of hydrogen-bond acceptors (Lipinski definition) is 5. The Kier molecular flexibility index (Phi) is 7.46. The van der Waals surface area contributed by atoms with Gasteiger partial charge in [0, 0.05) is 40.3 Å². The van der Waals surface area contributed by atoms with Gasteiger partial charge in [0.1, 0.15) is 11.5 Å². The SMILES string of the molecule is CCOc1ccc(/C(O)=C2\C(=O)C(=O)N(CCCN(C)C)C2c2c[nH]c3ccccc23)cc1C(C)(C)C. The molecule has 4 rings (SSSR count). The van der Waals surface area contributed by atoms with Gasteiger partial charge >= 0.3 is 0 Å². The smallest absolute Gasteiger partial charge is 0.295 e. The van der Waals surface area contributed by atoms with Crippen molar-refractivity contribution < 1.29 is 19.4 Å². The van der Waals surface area contributed by atoms with E-state index in [1.165, 1.54) is 0 Å². The van der Waals surface area contributed by atoms with Crippen molar-refractivity contribution in [1.82, 2.24) is 14.8 Å². The number of hydrogen-bond donors (Lipinski definition) is 2. The molecular weight excluding hydrogens is 466 g/mol. The minimum absolute atomic E-state index is 0.114. The number of nitrogens with zero attached hydrogens (tertiary/aromatic N) is 2. The number of fused-ring (bicyclic) bond motifs is 1. The van der Waals surface area contributed by atoms with E-state index in [0.717, 1.165) is 34.3 Å². The Hall–Kier alpha value is -3.58. The van der Waals surface area contributed by atoms with E-state index in [0.29, 0.717) is 25.1 Å². The summed E-state index contributed by atoms with van der Waals surface area (Å²) >= 11 is 0. The molecule has 7 nitrogen and oxygen atoms in total. The Balaban J connectivity index is 1.89. The molecule has 1 unspecified atom stereocenters. The fourth-order valence-corrected chi connectivity index (χ4v) is 5.01. The summed E-state index contributed by atoms with van der Waals surface area (Å²) in [6.45, 7) is 9.85. The molecule has 1 aliphatic heterocycles. The van der Waals surface area contributed by atoms with Crippen molar-refractivity contribution in [2.24, 2.45) is 0 Å². The number of H-pyrrole nitrogens is 1. The molecule has 7 heteroatoms. The molecule has 0 aliphatic carbocycles. The van der Waals surface area contributed by atoms with Gasteiger partial charge in [0.2, 0.25) is 0 Å². The number of likely N-dealkylation sites (tertiary alicyclic amines) is 1. The number of ether oxygens (including phenoxy) is 1. The molecule has 3 aromatic rings. The lowest BCUT2D eigenvalue weighted by Gasteiger charge is -2.26. The van der Waals surface area contributed by atoms with Crippen LogP contribution < -0.4 is 4.74 Å². The molecule has 2 heterocycles. The Morgan fingerprint density at radius 3 is 2.54 bits per heavy atom. The fourth-order valence-electron chi connectivity index (χ4n) is 5.01. The van der Waals surface area contributed by atoms with Crippen LogP contribution in [0.3, 0.4) is 0 Å². The molecule has 1 atom stereocenters. The number of aliphatic hydroxyl groups excluding tert-OH is 1. The van der Waals surface area contributed by atoms with Crippen LogP contribution in [0.25, 0.3) is 16.7 Å².